The molecule has 5 N–H and O–H groups in total. The van der Waals surface area contributed by atoms with E-state index in [2.05, 4.69) is 30.8 Å². The van der Waals surface area contributed by atoms with Crippen LogP contribution in [0.2, 0.25) is 0 Å². The fourth-order valence-electron chi connectivity index (χ4n) is 2.45. The zero-order chi connectivity index (χ0) is 22.0. The summed E-state index contributed by atoms with van der Waals surface area (Å²) in [6.45, 7) is 3.36. The largest absolute Gasteiger partial charge is 0.480 e. The molecule has 0 fully saturated rings. The van der Waals surface area contributed by atoms with Gasteiger partial charge in [0, 0.05) is 19.2 Å². The highest BCUT2D eigenvalue weighted by Crippen LogP contribution is 2.05. The highest BCUT2D eigenvalue weighted by molar-refractivity contribution is 7.89. The monoisotopic (exact) mass is 446 g/mol. The molecular formula is C16H26N6O7S. The number of carboxylic acid groups (broad SMARTS) is 1. The van der Waals surface area contributed by atoms with E-state index in [1.807, 2.05) is 6.92 Å². The number of unbranched alkanes of at least 4 members (excludes halogenated alkanes) is 1. The third kappa shape index (κ3) is 7.61. The Balaban J connectivity index is 2.06. The van der Waals surface area contributed by atoms with Crippen molar-refractivity contribution >= 4 is 27.9 Å². The molecule has 2 heterocycles. The molecule has 0 aromatic carbocycles. The minimum atomic E-state index is -3.91. The highest BCUT2D eigenvalue weighted by Gasteiger charge is 2.34. The lowest BCUT2D eigenvalue weighted by molar-refractivity contribution is -0.143. The summed E-state index contributed by atoms with van der Waals surface area (Å²) in [6.07, 6.45) is 0.712. The van der Waals surface area contributed by atoms with Crippen LogP contribution in [0.5, 0.6) is 0 Å². The van der Waals surface area contributed by atoms with E-state index in [-0.39, 0.29) is 24.7 Å². The molecule has 0 saturated heterocycles. The van der Waals surface area contributed by atoms with E-state index >= 15 is 0 Å². The minimum absolute atomic E-state index is 0.0392. The normalized spacial score (nSPS) is 15.7. The number of rotatable bonds is 13. The fourth-order valence-corrected chi connectivity index (χ4v) is 3.85. The Morgan fingerprint density at radius 3 is 2.83 bits per heavy atom. The molecule has 14 heteroatoms. The van der Waals surface area contributed by atoms with Crippen molar-refractivity contribution in [2.24, 2.45) is 4.99 Å². The first-order chi connectivity index (χ1) is 14.3. The Morgan fingerprint density at radius 1 is 1.43 bits per heavy atom. The number of sulfonamides is 1. The van der Waals surface area contributed by atoms with E-state index in [1.165, 1.54) is 12.3 Å². The molecule has 13 nitrogen and oxygen atoms in total. The van der Waals surface area contributed by atoms with Gasteiger partial charge in [0.05, 0.1) is 25.1 Å². The molecule has 2 unspecified atom stereocenters. The Hall–Kier alpha value is -2.71. The summed E-state index contributed by atoms with van der Waals surface area (Å²) >= 11 is 0. The van der Waals surface area contributed by atoms with Gasteiger partial charge in [0.2, 0.25) is 15.8 Å². The highest BCUT2D eigenvalue weighted by atomic mass is 32.2. The molecule has 2 atom stereocenters. The smallest absolute Gasteiger partial charge is 0.326 e. The molecule has 1 aliphatic heterocycles. The number of nitrogens with zero attached hydrogens (tertiary/aromatic N) is 2. The summed E-state index contributed by atoms with van der Waals surface area (Å²) in [4.78, 5) is 28.2. The lowest BCUT2D eigenvalue weighted by atomic mass is 10.2. The molecule has 0 spiro atoms. The van der Waals surface area contributed by atoms with Gasteiger partial charge < -0.3 is 30.3 Å². The van der Waals surface area contributed by atoms with Crippen molar-refractivity contribution in [3.63, 3.8) is 0 Å². The second-order valence-corrected chi connectivity index (χ2v) is 8.21. The Labute approximate surface area is 173 Å². The van der Waals surface area contributed by atoms with Crippen LogP contribution < -0.4 is 20.7 Å². The van der Waals surface area contributed by atoms with E-state index in [0.29, 0.717) is 31.9 Å². The molecule has 1 aromatic rings. The summed E-state index contributed by atoms with van der Waals surface area (Å²) < 4.78 is 36.8. The van der Waals surface area contributed by atoms with E-state index in [4.69, 9.17) is 9.26 Å². The molecule has 0 radical (unpaired) electrons. The first-order valence-corrected chi connectivity index (χ1v) is 11.1. The second-order valence-electron chi connectivity index (χ2n) is 6.33. The van der Waals surface area contributed by atoms with Gasteiger partial charge >= 0.3 is 5.97 Å². The number of aliphatic carboxylic acids is 1. The average molecular weight is 446 g/mol. The van der Waals surface area contributed by atoms with Crippen LogP contribution in [0.4, 0.5) is 0 Å². The molecule has 30 heavy (non-hydrogen) atoms. The second kappa shape index (κ2) is 11.5. The van der Waals surface area contributed by atoms with Crippen molar-refractivity contribution in [3.05, 3.63) is 18.0 Å². The van der Waals surface area contributed by atoms with Crippen LogP contribution in [0.25, 0.3) is 0 Å². The van der Waals surface area contributed by atoms with Gasteiger partial charge in [-0.3, -0.25) is 14.6 Å². The number of guanidine groups is 1. The number of aliphatic imine (C=N–C) groups is 1. The first-order valence-electron chi connectivity index (χ1n) is 9.40. The summed E-state index contributed by atoms with van der Waals surface area (Å²) in [6, 6.07) is -0.473. The van der Waals surface area contributed by atoms with E-state index in [0.717, 1.165) is 0 Å². The number of hydrogen-bond donors (Lipinski definition) is 5. The zero-order valence-electron chi connectivity index (χ0n) is 16.5. The fraction of sp³-hybridized carbons (Fsp3) is 0.625. The molecule has 0 bridgehead atoms. The number of carbonyl (C=O) groups is 2. The standard InChI is InChI=1S/C16H26N6O7S/c1-2-3-10-30(26,27)22-12(15(24)25)14(21-13(23)11-4-5-20-29-11)28-9-8-19-16-17-6-7-18-16/h4-5,12,14,22H,2-3,6-10H2,1H3,(H,21,23)(H,24,25)(H2,17,18,19). The Bertz CT molecular complexity index is 827. The third-order valence-corrected chi connectivity index (χ3v) is 5.38. The SMILES string of the molecule is CCCCS(=O)(=O)NC(C(=O)O)C(NC(=O)c1ccno1)OCCNC1=NCCN1. The van der Waals surface area contributed by atoms with E-state index in [9.17, 15) is 23.1 Å². The van der Waals surface area contributed by atoms with Crippen LogP contribution in [0.3, 0.4) is 0 Å². The van der Waals surface area contributed by atoms with Crippen molar-refractivity contribution in [3.8, 4) is 0 Å². The summed E-state index contributed by atoms with van der Waals surface area (Å²) in [5.74, 6) is -2.15. The van der Waals surface area contributed by atoms with Gasteiger partial charge in [0.1, 0.15) is 0 Å². The van der Waals surface area contributed by atoms with Crippen LogP contribution in [-0.4, -0.2) is 80.8 Å². The number of ether oxygens (including phenoxy) is 1. The number of aromatic nitrogens is 1. The third-order valence-electron chi connectivity index (χ3n) is 3.94. The maximum Gasteiger partial charge on any atom is 0.326 e. The van der Waals surface area contributed by atoms with Gasteiger partial charge in [-0.15, -0.1) is 0 Å². The number of nitrogens with one attached hydrogen (secondary N) is 4. The number of hydrogen-bond acceptors (Lipinski definition) is 10. The summed E-state index contributed by atoms with van der Waals surface area (Å²) in [5, 5.41) is 21.3. The van der Waals surface area contributed by atoms with Gasteiger partial charge in [-0.2, -0.15) is 4.72 Å². The van der Waals surface area contributed by atoms with E-state index in [1.54, 1.807) is 0 Å². The lowest BCUT2D eigenvalue weighted by Gasteiger charge is -2.25. The van der Waals surface area contributed by atoms with Crippen LogP contribution in [0.1, 0.15) is 30.3 Å². The minimum Gasteiger partial charge on any atom is -0.480 e. The number of carboxylic acids is 1. The topological polar surface area (TPSA) is 184 Å². The molecule has 0 aliphatic carbocycles. The summed E-state index contributed by atoms with van der Waals surface area (Å²) in [5.41, 5.74) is 0. The molecule has 1 aliphatic rings. The van der Waals surface area contributed by atoms with Crippen LogP contribution in [-0.2, 0) is 19.6 Å². The van der Waals surface area contributed by atoms with Gasteiger partial charge in [0.25, 0.3) is 5.91 Å². The van der Waals surface area contributed by atoms with Gasteiger partial charge in [-0.05, 0) is 6.42 Å². The first kappa shape index (κ1) is 23.6. The van der Waals surface area contributed by atoms with Crippen LogP contribution >= 0.6 is 0 Å². The van der Waals surface area contributed by atoms with Crippen molar-refractivity contribution in [2.45, 2.75) is 32.0 Å². The van der Waals surface area contributed by atoms with Crippen molar-refractivity contribution < 1.29 is 32.4 Å². The molecule has 0 saturated carbocycles. The van der Waals surface area contributed by atoms with Crippen LogP contribution in [0.15, 0.2) is 21.8 Å². The molecule has 168 valence electrons. The summed E-state index contributed by atoms with van der Waals surface area (Å²) in [7, 11) is -3.91. The lowest BCUT2D eigenvalue weighted by Crippen LogP contribution is -2.57. The predicted molar refractivity (Wildman–Crippen MR) is 105 cm³/mol. The maximum absolute atomic E-state index is 12.3. The van der Waals surface area contributed by atoms with Gasteiger partial charge in [-0.25, -0.2) is 8.42 Å². The quantitative estimate of drug-likeness (QED) is 0.176. The molecule has 1 aromatic heterocycles. The Morgan fingerprint density at radius 2 is 2.23 bits per heavy atom. The molecular weight excluding hydrogens is 420 g/mol. The molecule has 1 amide bonds. The van der Waals surface area contributed by atoms with Crippen molar-refractivity contribution in [1.82, 2.24) is 25.8 Å². The predicted octanol–water partition coefficient (Wildman–Crippen LogP) is -1.53. The van der Waals surface area contributed by atoms with Gasteiger partial charge in [0.15, 0.2) is 18.2 Å². The number of amides is 1. The number of carbonyl (C=O) groups excluding carboxylic acids is 1. The zero-order valence-corrected chi connectivity index (χ0v) is 17.3. The van der Waals surface area contributed by atoms with Crippen LogP contribution in [0, 0.1) is 0 Å². The van der Waals surface area contributed by atoms with E-state index < -0.39 is 34.2 Å². The van der Waals surface area contributed by atoms with Gasteiger partial charge in [-0.1, -0.05) is 18.5 Å². The Kier molecular flexibility index (Phi) is 9.01. The van der Waals surface area contributed by atoms with Crippen molar-refractivity contribution in [1.29, 1.82) is 0 Å². The van der Waals surface area contributed by atoms with Crippen molar-refractivity contribution in [2.75, 3.05) is 32.0 Å². The average Bonchev–Trinajstić information content (AvgIpc) is 3.41. The molecule has 2 rings (SSSR count). The maximum atomic E-state index is 12.3.